The fraction of sp³-hybridized carbons (Fsp3) is 0.583. The Labute approximate surface area is 175 Å². The maximum absolute atomic E-state index is 12.7. The second-order valence-corrected chi connectivity index (χ2v) is 8.80. The third kappa shape index (κ3) is 5.47. The zero-order valence-electron chi connectivity index (χ0n) is 18.7. The van der Waals surface area contributed by atoms with Gasteiger partial charge in [0.05, 0.1) is 24.4 Å². The molecular formula is C24H36N4O. The standard InChI is InChI=1S/C24H36N4O/c1-17-6-7-20(12-18(17)2)13-24(29)27(4)16-22-14-23(26-28(22)5)21-10-8-19(9-11-21)15-25-3/h6-7,12,14,19,21,25H,8-11,13,15-16H2,1-5H3. The molecule has 0 bridgehead atoms. The number of carbonyl (C=O) groups is 1. The van der Waals surface area contributed by atoms with Gasteiger partial charge in [0.2, 0.25) is 5.91 Å². The fourth-order valence-corrected chi connectivity index (χ4v) is 4.38. The molecular weight excluding hydrogens is 360 g/mol. The molecule has 29 heavy (non-hydrogen) atoms. The molecule has 158 valence electrons. The summed E-state index contributed by atoms with van der Waals surface area (Å²) in [4.78, 5) is 14.5. The summed E-state index contributed by atoms with van der Waals surface area (Å²) in [6, 6.07) is 8.48. The summed E-state index contributed by atoms with van der Waals surface area (Å²) in [5.74, 6) is 1.50. The molecule has 1 N–H and O–H groups in total. The molecule has 1 aliphatic rings. The molecule has 1 saturated carbocycles. The summed E-state index contributed by atoms with van der Waals surface area (Å²) >= 11 is 0. The van der Waals surface area contributed by atoms with Crippen LogP contribution in [0.25, 0.3) is 0 Å². The Morgan fingerprint density at radius 3 is 2.55 bits per heavy atom. The van der Waals surface area contributed by atoms with E-state index in [2.05, 4.69) is 43.4 Å². The first-order valence-electron chi connectivity index (χ1n) is 10.8. The van der Waals surface area contributed by atoms with Crippen LogP contribution in [0, 0.1) is 19.8 Å². The summed E-state index contributed by atoms with van der Waals surface area (Å²) in [7, 11) is 5.92. The summed E-state index contributed by atoms with van der Waals surface area (Å²) in [6.45, 7) is 5.91. The molecule has 0 atom stereocenters. The average molecular weight is 397 g/mol. The molecule has 1 amide bonds. The van der Waals surface area contributed by atoms with Gasteiger partial charge in [-0.2, -0.15) is 5.10 Å². The first kappa shape index (κ1) is 21.6. The van der Waals surface area contributed by atoms with E-state index in [0.29, 0.717) is 18.9 Å². The van der Waals surface area contributed by atoms with Gasteiger partial charge in [-0.3, -0.25) is 9.48 Å². The second kappa shape index (κ2) is 9.57. The molecule has 1 aromatic carbocycles. The fourth-order valence-electron chi connectivity index (χ4n) is 4.38. The van der Waals surface area contributed by atoms with E-state index in [-0.39, 0.29) is 5.91 Å². The van der Waals surface area contributed by atoms with Crippen LogP contribution in [0.2, 0.25) is 0 Å². The minimum Gasteiger partial charge on any atom is -0.340 e. The van der Waals surface area contributed by atoms with Gasteiger partial charge in [0.15, 0.2) is 0 Å². The topological polar surface area (TPSA) is 50.2 Å². The summed E-state index contributed by atoms with van der Waals surface area (Å²) in [5, 5.41) is 8.09. The lowest BCUT2D eigenvalue weighted by molar-refractivity contribution is -0.129. The van der Waals surface area contributed by atoms with Crippen molar-refractivity contribution in [1.82, 2.24) is 20.0 Å². The Balaban J connectivity index is 1.58. The van der Waals surface area contributed by atoms with Gasteiger partial charge in [-0.05, 0) is 81.8 Å². The Bertz CT molecular complexity index is 833. The number of nitrogens with zero attached hydrogens (tertiary/aromatic N) is 3. The van der Waals surface area contributed by atoms with Gasteiger partial charge in [0.25, 0.3) is 0 Å². The van der Waals surface area contributed by atoms with E-state index in [1.165, 1.54) is 42.5 Å². The predicted molar refractivity (Wildman–Crippen MR) is 118 cm³/mol. The van der Waals surface area contributed by atoms with Crippen molar-refractivity contribution in [3.05, 3.63) is 52.3 Å². The minimum absolute atomic E-state index is 0.142. The number of likely N-dealkylation sites (N-methyl/N-ethyl adjacent to an activating group) is 1. The van der Waals surface area contributed by atoms with Crippen LogP contribution in [0.5, 0.6) is 0 Å². The zero-order valence-corrected chi connectivity index (χ0v) is 18.7. The van der Waals surface area contributed by atoms with E-state index in [1.807, 2.05) is 30.7 Å². The SMILES string of the molecule is CNCC1CCC(c2cc(CN(C)C(=O)Cc3ccc(C)c(C)c3)n(C)n2)CC1. The number of hydrogen-bond donors (Lipinski definition) is 1. The van der Waals surface area contributed by atoms with E-state index >= 15 is 0 Å². The third-order valence-electron chi connectivity index (χ3n) is 6.51. The summed E-state index contributed by atoms with van der Waals surface area (Å²) in [5.41, 5.74) is 5.87. The van der Waals surface area contributed by atoms with Crippen LogP contribution in [0.15, 0.2) is 24.3 Å². The van der Waals surface area contributed by atoms with Crippen LogP contribution in [0.1, 0.15) is 59.7 Å². The smallest absolute Gasteiger partial charge is 0.227 e. The zero-order chi connectivity index (χ0) is 21.0. The lowest BCUT2D eigenvalue weighted by Gasteiger charge is -2.27. The first-order chi connectivity index (χ1) is 13.9. The maximum atomic E-state index is 12.7. The van der Waals surface area contributed by atoms with Gasteiger partial charge in [-0.15, -0.1) is 0 Å². The van der Waals surface area contributed by atoms with E-state index in [9.17, 15) is 4.79 Å². The molecule has 0 aliphatic heterocycles. The quantitative estimate of drug-likeness (QED) is 0.776. The van der Waals surface area contributed by atoms with E-state index in [1.54, 1.807) is 0 Å². The average Bonchev–Trinajstić information content (AvgIpc) is 3.06. The van der Waals surface area contributed by atoms with E-state index in [4.69, 9.17) is 5.10 Å². The highest BCUT2D eigenvalue weighted by Gasteiger charge is 2.24. The van der Waals surface area contributed by atoms with Gasteiger partial charge in [-0.1, -0.05) is 18.2 Å². The number of rotatable bonds is 7. The van der Waals surface area contributed by atoms with Crippen LogP contribution in [-0.2, 0) is 24.8 Å². The number of aromatic nitrogens is 2. The van der Waals surface area contributed by atoms with Crippen molar-refractivity contribution in [3.8, 4) is 0 Å². The Hall–Kier alpha value is -2.14. The molecule has 0 saturated heterocycles. The van der Waals surface area contributed by atoms with Gasteiger partial charge in [-0.25, -0.2) is 0 Å². The largest absolute Gasteiger partial charge is 0.340 e. The van der Waals surface area contributed by atoms with Gasteiger partial charge in [0, 0.05) is 20.0 Å². The maximum Gasteiger partial charge on any atom is 0.227 e. The Kier molecular flexibility index (Phi) is 7.12. The molecule has 1 aliphatic carbocycles. The molecule has 0 radical (unpaired) electrons. The second-order valence-electron chi connectivity index (χ2n) is 8.80. The Morgan fingerprint density at radius 2 is 1.90 bits per heavy atom. The lowest BCUT2D eigenvalue weighted by atomic mass is 9.80. The number of hydrogen-bond acceptors (Lipinski definition) is 3. The minimum atomic E-state index is 0.142. The van der Waals surface area contributed by atoms with Crippen molar-refractivity contribution in [3.63, 3.8) is 0 Å². The van der Waals surface area contributed by atoms with Crippen molar-refractivity contribution in [2.45, 2.75) is 58.4 Å². The molecule has 5 nitrogen and oxygen atoms in total. The highest BCUT2D eigenvalue weighted by molar-refractivity contribution is 5.78. The Morgan fingerprint density at radius 1 is 1.17 bits per heavy atom. The van der Waals surface area contributed by atoms with Crippen molar-refractivity contribution in [1.29, 1.82) is 0 Å². The molecule has 3 rings (SSSR count). The highest BCUT2D eigenvalue weighted by Crippen LogP contribution is 2.35. The van der Waals surface area contributed by atoms with Crippen LogP contribution < -0.4 is 5.32 Å². The van der Waals surface area contributed by atoms with Crippen LogP contribution >= 0.6 is 0 Å². The van der Waals surface area contributed by atoms with Crippen LogP contribution in [0.4, 0.5) is 0 Å². The number of benzene rings is 1. The molecule has 1 fully saturated rings. The number of carbonyl (C=O) groups excluding carboxylic acids is 1. The van der Waals surface area contributed by atoms with Gasteiger partial charge in [0.1, 0.15) is 0 Å². The van der Waals surface area contributed by atoms with Crippen molar-refractivity contribution in [2.75, 3.05) is 20.6 Å². The molecule has 1 heterocycles. The number of nitrogens with one attached hydrogen (secondary N) is 1. The molecule has 5 heteroatoms. The molecule has 1 aromatic heterocycles. The molecule has 2 aromatic rings. The van der Waals surface area contributed by atoms with E-state index in [0.717, 1.165) is 23.7 Å². The van der Waals surface area contributed by atoms with Crippen LogP contribution in [-0.4, -0.2) is 41.2 Å². The number of amides is 1. The summed E-state index contributed by atoms with van der Waals surface area (Å²) in [6.07, 6.45) is 5.41. The van der Waals surface area contributed by atoms with E-state index < -0.39 is 0 Å². The number of aryl methyl sites for hydroxylation is 3. The third-order valence-corrected chi connectivity index (χ3v) is 6.51. The van der Waals surface area contributed by atoms with Crippen molar-refractivity contribution < 1.29 is 4.79 Å². The molecule has 0 unspecified atom stereocenters. The normalized spacial score (nSPS) is 19.3. The first-order valence-corrected chi connectivity index (χ1v) is 10.8. The highest BCUT2D eigenvalue weighted by atomic mass is 16.2. The monoisotopic (exact) mass is 396 g/mol. The summed E-state index contributed by atoms with van der Waals surface area (Å²) < 4.78 is 1.95. The molecule has 0 spiro atoms. The van der Waals surface area contributed by atoms with Crippen LogP contribution in [0.3, 0.4) is 0 Å². The van der Waals surface area contributed by atoms with Gasteiger partial charge < -0.3 is 10.2 Å². The van der Waals surface area contributed by atoms with Crippen molar-refractivity contribution >= 4 is 5.91 Å². The lowest BCUT2D eigenvalue weighted by Crippen LogP contribution is -2.28. The van der Waals surface area contributed by atoms with Gasteiger partial charge >= 0.3 is 0 Å². The van der Waals surface area contributed by atoms with Crippen molar-refractivity contribution in [2.24, 2.45) is 13.0 Å². The predicted octanol–water partition coefficient (Wildman–Crippen LogP) is 3.73.